The largest absolute Gasteiger partial charge is 0.485 e. The zero-order valence-electron chi connectivity index (χ0n) is 7.47. The molecule has 2 aromatic rings. The molecule has 14 heavy (non-hydrogen) atoms. The molecular weight excluding hydrogens is 178 g/mol. The predicted molar refractivity (Wildman–Crippen MR) is 52.3 cm³/mol. The summed E-state index contributed by atoms with van der Waals surface area (Å²) in [7, 11) is 0. The van der Waals surface area contributed by atoms with Crippen LogP contribution in [-0.2, 0) is 6.61 Å². The van der Waals surface area contributed by atoms with Crippen molar-refractivity contribution in [2.75, 3.05) is 5.73 Å². The van der Waals surface area contributed by atoms with Gasteiger partial charge in [-0.2, -0.15) is 5.10 Å². The monoisotopic (exact) mass is 187 g/mol. The Balaban J connectivity index is 2.26. The molecule has 0 saturated carbocycles. The number of rotatable bonds is 0. The van der Waals surface area contributed by atoms with Gasteiger partial charge in [0, 0.05) is 18.0 Å². The number of fused-ring (bicyclic) bond motifs is 3. The molecule has 0 aliphatic carbocycles. The van der Waals surface area contributed by atoms with Crippen LogP contribution >= 0.6 is 0 Å². The summed E-state index contributed by atoms with van der Waals surface area (Å²) in [6, 6.07) is 7.53. The number of benzene rings is 1. The van der Waals surface area contributed by atoms with Crippen LogP contribution in [0.15, 0.2) is 30.5 Å². The fourth-order valence-corrected chi connectivity index (χ4v) is 1.63. The van der Waals surface area contributed by atoms with E-state index >= 15 is 0 Å². The van der Waals surface area contributed by atoms with Gasteiger partial charge in [-0.3, -0.25) is 0 Å². The minimum atomic E-state index is 0.552. The molecule has 3 rings (SSSR count). The van der Waals surface area contributed by atoms with Crippen LogP contribution < -0.4 is 10.5 Å². The first-order valence-corrected chi connectivity index (χ1v) is 4.40. The van der Waals surface area contributed by atoms with Crippen molar-refractivity contribution in [2.45, 2.75) is 6.61 Å². The third-order valence-corrected chi connectivity index (χ3v) is 2.31. The van der Waals surface area contributed by atoms with Crippen LogP contribution in [0.5, 0.6) is 5.75 Å². The average molecular weight is 187 g/mol. The molecule has 4 heteroatoms. The third-order valence-electron chi connectivity index (χ3n) is 2.31. The number of anilines is 1. The first-order chi connectivity index (χ1) is 6.84. The zero-order valence-corrected chi connectivity index (χ0v) is 7.47. The first-order valence-electron chi connectivity index (χ1n) is 4.40. The zero-order chi connectivity index (χ0) is 9.54. The van der Waals surface area contributed by atoms with Gasteiger partial charge in [0.1, 0.15) is 18.0 Å². The summed E-state index contributed by atoms with van der Waals surface area (Å²) < 4.78 is 7.42. The molecule has 4 nitrogen and oxygen atoms in total. The molecule has 0 radical (unpaired) electrons. The number of aromatic nitrogens is 2. The van der Waals surface area contributed by atoms with Gasteiger partial charge in [-0.25, -0.2) is 4.68 Å². The van der Waals surface area contributed by atoms with Crippen LogP contribution in [0.1, 0.15) is 5.69 Å². The van der Waals surface area contributed by atoms with Gasteiger partial charge in [0.2, 0.25) is 0 Å². The Hall–Kier alpha value is -1.97. The summed E-state index contributed by atoms with van der Waals surface area (Å²) in [6.07, 6.45) is 1.77. The summed E-state index contributed by atoms with van der Waals surface area (Å²) in [5, 5.41) is 4.22. The second kappa shape index (κ2) is 2.51. The fraction of sp³-hybridized carbons (Fsp3) is 0.100. The smallest absolute Gasteiger partial charge is 0.147 e. The topological polar surface area (TPSA) is 53.1 Å². The molecule has 0 bridgehead atoms. The molecule has 0 spiro atoms. The quantitative estimate of drug-likeness (QED) is 0.633. The molecule has 1 aromatic heterocycles. The molecule has 0 amide bonds. The van der Waals surface area contributed by atoms with E-state index in [1.807, 2.05) is 28.9 Å². The van der Waals surface area contributed by atoms with E-state index in [4.69, 9.17) is 10.5 Å². The van der Waals surface area contributed by atoms with Crippen molar-refractivity contribution >= 4 is 5.69 Å². The molecular formula is C10H9N3O. The lowest BCUT2D eigenvalue weighted by molar-refractivity contribution is 0.281. The number of nitrogens with two attached hydrogens (primary N) is 1. The van der Waals surface area contributed by atoms with Gasteiger partial charge in [-0.1, -0.05) is 0 Å². The van der Waals surface area contributed by atoms with Crippen LogP contribution in [0.25, 0.3) is 5.69 Å². The fourth-order valence-electron chi connectivity index (χ4n) is 1.63. The lowest BCUT2D eigenvalue weighted by atomic mass is 10.2. The summed E-state index contributed by atoms with van der Waals surface area (Å²) in [6.45, 7) is 0.552. The third kappa shape index (κ3) is 0.907. The van der Waals surface area contributed by atoms with Crippen molar-refractivity contribution < 1.29 is 4.74 Å². The van der Waals surface area contributed by atoms with E-state index in [9.17, 15) is 0 Å². The number of hydrogen-bond acceptors (Lipinski definition) is 3. The van der Waals surface area contributed by atoms with Gasteiger partial charge in [-0.05, 0) is 18.2 Å². The van der Waals surface area contributed by atoms with Crippen molar-refractivity contribution in [1.29, 1.82) is 0 Å². The second-order valence-electron chi connectivity index (χ2n) is 3.25. The van der Waals surface area contributed by atoms with Crippen LogP contribution in [0.2, 0.25) is 0 Å². The number of nitrogen functional groups attached to an aromatic ring is 1. The van der Waals surface area contributed by atoms with Gasteiger partial charge in [-0.15, -0.1) is 0 Å². The summed E-state index contributed by atoms with van der Waals surface area (Å²) in [5.41, 5.74) is 8.38. The molecule has 2 heterocycles. The van der Waals surface area contributed by atoms with Crippen molar-refractivity contribution in [2.24, 2.45) is 0 Å². The summed E-state index contributed by atoms with van der Waals surface area (Å²) in [5.74, 6) is 0.793. The van der Waals surface area contributed by atoms with Crippen LogP contribution in [-0.4, -0.2) is 9.78 Å². The Labute approximate surface area is 80.9 Å². The van der Waals surface area contributed by atoms with E-state index in [0.29, 0.717) is 12.3 Å². The van der Waals surface area contributed by atoms with Crippen molar-refractivity contribution in [3.8, 4) is 11.4 Å². The maximum atomic E-state index is 5.67. The van der Waals surface area contributed by atoms with E-state index in [1.165, 1.54) is 0 Å². The predicted octanol–water partition coefficient (Wildman–Crippen LogP) is 1.35. The van der Waals surface area contributed by atoms with Gasteiger partial charge in [0.05, 0.1) is 5.69 Å². The molecule has 70 valence electrons. The Morgan fingerprint density at radius 1 is 1.36 bits per heavy atom. The molecule has 1 aromatic carbocycles. The molecule has 0 atom stereocenters. The SMILES string of the molecule is Nc1ccc2c(c1)OCc1ccnn1-2. The van der Waals surface area contributed by atoms with E-state index in [2.05, 4.69) is 5.10 Å². The molecule has 1 aliphatic heterocycles. The van der Waals surface area contributed by atoms with Crippen molar-refractivity contribution in [3.63, 3.8) is 0 Å². The Morgan fingerprint density at radius 2 is 2.29 bits per heavy atom. The van der Waals surface area contributed by atoms with Gasteiger partial charge in [0.25, 0.3) is 0 Å². The standard InChI is InChI=1S/C10H9N3O/c11-7-1-2-9-10(5-7)14-6-8-3-4-12-13(8)9/h1-5H,6,11H2. The van der Waals surface area contributed by atoms with Crippen LogP contribution in [0.4, 0.5) is 5.69 Å². The van der Waals surface area contributed by atoms with Crippen LogP contribution in [0.3, 0.4) is 0 Å². The number of nitrogens with zero attached hydrogens (tertiary/aromatic N) is 2. The van der Waals surface area contributed by atoms with E-state index in [0.717, 1.165) is 17.1 Å². The highest BCUT2D eigenvalue weighted by atomic mass is 16.5. The Kier molecular flexibility index (Phi) is 1.33. The summed E-state index contributed by atoms with van der Waals surface area (Å²) >= 11 is 0. The number of hydrogen-bond donors (Lipinski definition) is 1. The maximum absolute atomic E-state index is 5.67. The first kappa shape index (κ1) is 7.44. The minimum Gasteiger partial charge on any atom is -0.485 e. The second-order valence-corrected chi connectivity index (χ2v) is 3.25. The number of ether oxygens (including phenoxy) is 1. The van der Waals surface area contributed by atoms with E-state index in [1.54, 1.807) is 6.20 Å². The van der Waals surface area contributed by atoms with E-state index in [-0.39, 0.29) is 0 Å². The van der Waals surface area contributed by atoms with Crippen molar-refractivity contribution in [1.82, 2.24) is 9.78 Å². The van der Waals surface area contributed by atoms with E-state index < -0.39 is 0 Å². The average Bonchev–Trinajstić information content (AvgIpc) is 2.65. The highest BCUT2D eigenvalue weighted by Gasteiger charge is 2.16. The maximum Gasteiger partial charge on any atom is 0.147 e. The molecule has 0 fully saturated rings. The lowest BCUT2D eigenvalue weighted by Gasteiger charge is -2.19. The molecule has 1 aliphatic rings. The van der Waals surface area contributed by atoms with Gasteiger partial charge in [0.15, 0.2) is 0 Å². The molecule has 2 N–H and O–H groups in total. The molecule has 0 unspecified atom stereocenters. The van der Waals surface area contributed by atoms with Crippen molar-refractivity contribution in [3.05, 3.63) is 36.2 Å². The highest BCUT2D eigenvalue weighted by Crippen LogP contribution is 2.30. The Bertz CT molecular complexity index is 490. The molecule has 0 saturated heterocycles. The van der Waals surface area contributed by atoms with Gasteiger partial charge >= 0.3 is 0 Å². The minimum absolute atomic E-state index is 0.552. The lowest BCUT2D eigenvalue weighted by Crippen LogP contribution is -2.13. The van der Waals surface area contributed by atoms with Gasteiger partial charge < -0.3 is 10.5 Å². The van der Waals surface area contributed by atoms with Crippen LogP contribution in [0, 0.1) is 0 Å². The Morgan fingerprint density at radius 3 is 3.21 bits per heavy atom. The highest BCUT2D eigenvalue weighted by molar-refractivity contribution is 5.56. The summed E-state index contributed by atoms with van der Waals surface area (Å²) in [4.78, 5) is 0. The normalized spacial score (nSPS) is 12.9.